The monoisotopic (exact) mass is 358 g/mol. The Hall–Kier alpha value is -3.49. The summed E-state index contributed by atoms with van der Waals surface area (Å²) in [5, 5.41) is 15.8. The SMILES string of the molecule is Cc1cccc(C)c1NC(=O)CNC(=O)Cn1cc([N+](=O)[O-])ccc1=O. The molecule has 0 unspecified atom stereocenters. The summed E-state index contributed by atoms with van der Waals surface area (Å²) < 4.78 is 0.914. The number of anilines is 1. The van der Waals surface area contributed by atoms with Crippen molar-refractivity contribution in [1.29, 1.82) is 0 Å². The number of benzene rings is 1. The van der Waals surface area contributed by atoms with Gasteiger partial charge in [0.25, 0.3) is 11.2 Å². The summed E-state index contributed by atoms with van der Waals surface area (Å²) >= 11 is 0. The Bertz CT molecular complexity index is 899. The molecule has 1 aromatic carbocycles. The van der Waals surface area contributed by atoms with Crippen LogP contribution in [-0.2, 0) is 16.1 Å². The maximum atomic E-state index is 12.0. The van der Waals surface area contributed by atoms with E-state index in [0.717, 1.165) is 34.0 Å². The molecule has 1 heterocycles. The van der Waals surface area contributed by atoms with Gasteiger partial charge in [0.05, 0.1) is 17.7 Å². The minimum absolute atomic E-state index is 0.281. The first-order chi connectivity index (χ1) is 12.3. The Morgan fingerprint density at radius 3 is 2.38 bits per heavy atom. The van der Waals surface area contributed by atoms with Crippen molar-refractivity contribution in [2.75, 3.05) is 11.9 Å². The van der Waals surface area contributed by atoms with Gasteiger partial charge in [-0.25, -0.2) is 0 Å². The molecule has 0 bridgehead atoms. The highest BCUT2D eigenvalue weighted by Gasteiger charge is 2.12. The van der Waals surface area contributed by atoms with E-state index in [0.29, 0.717) is 5.69 Å². The van der Waals surface area contributed by atoms with Crippen molar-refractivity contribution in [2.24, 2.45) is 0 Å². The van der Waals surface area contributed by atoms with Crippen molar-refractivity contribution < 1.29 is 14.5 Å². The van der Waals surface area contributed by atoms with E-state index < -0.39 is 28.8 Å². The molecule has 136 valence electrons. The predicted octanol–water partition coefficient (Wildman–Crippen LogP) is 1.13. The molecule has 2 N–H and O–H groups in total. The molecule has 2 amide bonds. The van der Waals surface area contributed by atoms with Crippen molar-refractivity contribution >= 4 is 23.2 Å². The second-order valence-corrected chi connectivity index (χ2v) is 5.70. The molecule has 0 radical (unpaired) electrons. The van der Waals surface area contributed by atoms with Crippen LogP contribution in [0.4, 0.5) is 11.4 Å². The van der Waals surface area contributed by atoms with Crippen LogP contribution in [0.3, 0.4) is 0 Å². The first-order valence-electron chi connectivity index (χ1n) is 7.75. The molecule has 0 aliphatic carbocycles. The minimum atomic E-state index is -0.661. The number of rotatable bonds is 6. The van der Waals surface area contributed by atoms with E-state index in [4.69, 9.17) is 0 Å². The minimum Gasteiger partial charge on any atom is -0.345 e. The van der Waals surface area contributed by atoms with Crippen LogP contribution in [0.15, 0.2) is 41.3 Å². The normalized spacial score (nSPS) is 10.2. The first kappa shape index (κ1) is 18.8. The molecule has 9 nitrogen and oxygen atoms in total. The van der Waals surface area contributed by atoms with Crippen LogP contribution in [-0.4, -0.2) is 27.8 Å². The Kier molecular flexibility index (Phi) is 5.84. The Morgan fingerprint density at radius 1 is 1.12 bits per heavy atom. The van der Waals surface area contributed by atoms with Gasteiger partial charge in [-0.15, -0.1) is 0 Å². The van der Waals surface area contributed by atoms with Crippen molar-refractivity contribution in [2.45, 2.75) is 20.4 Å². The van der Waals surface area contributed by atoms with E-state index in [1.54, 1.807) is 0 Å². The van der Waals surface area contributed by atoms with Crippen molar-refractivity contribution in [3.05, 3.63) is 68.1 Å². The van der Waals surface area contributed by atoms with Gasteiger partial charge >= 0.3 is 0 Å². The van der Waals surface area contributed by atoms with Crippen LogP contribution in [0.2, 0.25) is 0 Å². The van der Waals surface area contributed by atoms with Gasteiger partial charge in [0.2, 0.25) is 11.8 Å². The number of amides is 2. The molecule has 2 rings (SSSR count). The molecular formula is C17H18N4O5. The zero-order valence-corrected chi connectivity index (χ0v) is 14.3. The molecule has 9 heteroatoms. The molecule has 26 heavy (non-hydrogen) atoms. The van der Waals surface area contributed by atoms with Crippen molar-refractivity contribution in [3.8, 4) is 0 Å². The Balaban J connectivity index is 1.95. The molecule has 0 atom stereocenters. The summed E-state index contributed by atoms with van der Waals surface area (Å²) in [6, 6.07) is 7.67. The van der Waals surface area contributed by atoms with E-state index >= 15 is 0 Å². The number of aryl methyl sites for hydroxylation is 2. The van der Waals surface area contributed by atoms with E-state index in [1.165, 1.54) is 0 Å². The average molecular weight is 358 g/mol. The number of pyridine rings is 1. The van der Waals surface area contributed by atoms with Gasteiger partial charge < -0.3 is 10.6 Å². The highest BCUT2D eigenvalue weighted by atomic mass is 16.6. The lowest BCUT2D eigenvalue weighted by molar-refractivity contribution is -0.385. The van der Waals surface area contributed by atoms with Gasteiger partial charge in [0.1, 0.15) is 6.54 Å². The van der Waals surface area contributed by atoms with Crippen LogP contribution in [0.5, 0.6) is 0 Å². The zero-order valence-electron chi connectivity index (χ0n) is 14.3. The third kappa shape index (κ3) is 4.76. The third-order valence-electron chi connectivity index (χ3n) is 3.68. The number of para-hydroxylation sites is 1. The average Bonchev–Trinajstić information content (AvgIpc) is 2.58. The summed E-state index contributed by atoms with van der Waals surface area (Å²) in [5.74, 6) is -1.02. The standard InChI is InChI=1S/C17H18N4O5/c1-11-4-3-5-12(2)17(11)19-14(22)8-18-15(23)10-20-9-13(21(25)26)6-7-16(20)24/h3-7,9H,8,10H2,1-2H3,(H,18,23)(H,19,22). The number of carbonyl (C=O) groups is 2. The van der Waals surface area contributed by atoms with Gasteiger partial charge in [0.15, 0.2) is 0 Å². The van der Waals surface area contributed by atoms with E-state index in [1.807, 2.05) is 32.0 Å². The molecule has 0 fully saturated rings. The maximum Gasteiger partial charge on any atom is 0.285 e. The summed E-state index contributed by atoms with van der Waals surface area (Å²) in [7, 11) is 0. The summed E-state index contributed by atoms with van der Waals surface area (Å²) in [6.45, 7) is 3.01. The fourth-order valence-corrected chi connectivity index (χ4v) is 2.34. The maximum absolute atomic E-state index is 12.0. The fourth-order valence-electron chi connectivity index (χ4n) is 2.34. The number of nitro groups is 1. The Labute approximate surface area is 148 Å². The van der Waals surface area contributed by atoms with Crippen LogP contribution < -0.4 is 16.2 Å². The number of nitrogens with zero attached hydrogens (tertiary/aromatic N) is 2. The van der Waals surface area contributed by atoms with Crippen molar-refractivity contribution in [3.63, 3.8) is 0 Å². The molecule has 0 aliphatic rings. The molecule has 0 saturated heterocycles. The van der Waals surface area contributed by atoms with Crippen LogP contribution in [0.25, 0.3) is 0 Å². The molecule has 0 spiro atoms. The van der Waals surface area contributed by atoms with Crippen LogP contribution in [0.1, 0.15) is 11.1 Å². The van der Waals surface area contributed by atoms with Gasteiger partial charge in [-0.1, -0.05) is 18.2 Å². The smallest absolute Gasteiger partial charge is 0.285 e. The van der Waals surface area contributed by atoms with Crippen molar-refractivity contribution in [1.82, 2.24) is 9.88 Å². The number of aromatic nitrogens is 1. The van der Waals surface area contributed by atoms with Crippen LogP contribution in [0, 0.1) is 24.0 Å². The first-order valence-corrected chi connectivity index (χ1v) is 7.75. The Morgan fingerprint density at radius 2 is 1.77 bits per heavy atom. The number of hydrogen-bond acceptors (Lipinski definition) is 5. The second kappa shape index (κ2) is 8.06. The summed E-state index contributed by atoms with van der Waals surface area (Å²) in [4.78, 5) is 45.7. The van der Waals surface area contributed by atoms with E-state index in [9.17, 15) is 24.5 Å². The number of nitrogens with one attached hydrogen (secondary N) is 2. The molecule has 2 aromatic rings. The lowest BCUT2D eigenvalue weighted by Crippen LogP contribution is -2.37. The second-order valence-electron chi connectivity index (χ2n) is 5.70. The van der Waals surface area contributed by atoms with Gasteiger partial charge in [0, 0.05) is 17.8 Å². The topological polar surface area (TPSA) is 123 Å². The van der Waals surface area contributed by atoms with Gasteiger partial charge in [-0.3, -0.25) is 29.1 Å². The molecule has 1 aromatic heterocycles. The van der Waals surface area contributed by atoms with Gasteiger partial charge in [-0.05, 0) is 25.0 Å². The quantitative estimate of drug-likeness (QED) is 0.592. The number of carbonyl (C=O) groups excluding carboxylic acids is 2. The highest BCUT2D eigenvalue weighted by Crippen LogP contribution is 2.18. The van der Waals surface area contributed by atoms with E-state index in [-0.39, 0.29) is 12.2 Å². The van der Waals surface area contributed by atoms with Crippen LogP contribution >= 0.6 is 0 Å². The lowest BCUT2D eigenvalue weighted by Gasteiger charge is -2.12. The predicted molar refractivity (Wildman–Crippen MR) is 94.9 cm³/mol. The fraction of sp³-hybridized carbons (Fsp3) is 0.235. The zero-order chi connectivity index (χ0) is 19.3. The molecule has 0 aliphatic heterocycles. The highest BCUT2D eigenvalue weighted by molar-refractivity contribution is 5.95. The molecular weight excluding hydrogens is 340 g/mol. The summed E-state index contributed by atoms with van der Waals surface area (Å²) in [6.07, 6.45) is 0.985. The third-order valence-corrected chi connectivity index (χ3v) is 3.68. The lowest BCUT2D eigenvalue weighted by atomic mass is 10.1. The molecule has 0 saturated carbocycles. The van der Waals surface area contributed by atoms with E-state index in [2.05, 4.69) is 10.6 Å². The number of hydrogen-bond donors (Lipinski definition) is 2. The van der Waals surface area contributed by atoms with Gasteiger partial charge in [-0.2, -0.15) is 0 Å². The summed E-state index contributed by atoms with van der Waals surface area (Å²) in [5.41, 5.74) is 1.62. The largest absolute Gasteiger partial charge is 0.345 e.